The smallest absolute Gasteiger partial charge is 0.108 e. The molecular formula is C10H21N3S. The number of hydrogen-bond acceptors (Lipinski definition) is 3. The molecule has 0 aromatic carbocycles. The monoisotopic (exact) mass is 215 g/mol. The number of rotatable bonds is 4. The topological polar surface area (TPSA) is 53.1 Å². The zero-order valence-electron chi connectivity index (χ0n) is 9.12. The molecule has 2 atom stereocenters. The normalized spacial score (nSPS) is 26.0. The standard InChI is InChI=1S/C10H21N3S/c1-3-8-7-13(5-6-14-8)9(4-2)10(11)12/h8-9H,3-7H2,1-2H3,(H3,11,12). The van der Waals surface area contributed by atoms with Gasteiger partial charge in [-0.2, -0.15) is 11.8 Å². The molecule has 0 saturated carbocycles. The lowest BCUT2D eigenvalue weighted by Crippen LogP contribution is -2.49. The minimum Gasteiger partial charge on any atom is -0.386 e. The van der Waals surface area contributed by atoms with Crippen LogP contribution in [0.4, 0.5) is 0 Å². The highest BCUT2D eigenvalue weighted by atomic mass is 32.2. The van der Waals surface area contributed by atoms with Crippen LogP contribution >= 0.6 is 11.8 Å². The van der Waals surface area contributed by atoms with Crippen LogP contribution in [0.3, 0.4) is 0 Å². The molecule has 14 heavy (non-hydrogen) atoms. The summed E-state index contributed by atoms with van der Waals surface area (Å²) in [6.07, 6.45) is 2.17. The van der Waals surface area contributed by atoms with Gasteiger partial charge >= 0.3 is 0 Å². The summed E-state index contributed by atoms with van der Waals surface area (Å²) in [6.45, 7) is 6.52. The Bertz CT molecular complexity index is 196. The number of nitrogens with zero attached hydrogens (tertiary/aromatic N) is 1. The van der Waals surface area contributed by atoms with Crippen molar-refractivity contribution in [3.05, 3.63) is 0 Å². The summed E-state index contributed by atoms with van der Waals surface area (Å²) in [5.41, 5.74) is 5.60. The third kappa shape index (κ3) is 2.89. The van der Waals surface area contributed by atoms with Gasteiger partial charge in [0.25, 0.3) is 0 Å². The average molecular weight is 215 g/mol. The predicted octanol–water partition coefficient (Wildman–Crippen LogP) is 1.53. The molecule has 1 fully saturated rings. The Hall–Kier alpha value is -0.220. The van der Waals surface area contributed by atoms with Crippen LogP contribution in [0.25, 0.3) is 0 Å². The van der Waals surface area contributed by atoms with Crippen LogP contribution in [-0.4, -0.2) is 40.9 Å². The molecule has 1 heterocycles. The first kappa shape index (κ1) is 11.9. The molecule has 3 nitrogen and oxygen atoms in total. The van der Waals surface area contributed by atoms with Gasteiger partial charge in [-0.3, -0.25) is 10.3 Å². The van der Waals surface area contributed by atoms with E-state index in [2.05, 4.69) is 30.5 Å². The van der Waals surface area contributed by atoms with Crippen molar-refractivity contribution >= 4 is 17.6 Å². The molecule has 1 aliphatic heterocycles. The Balaban J connectivity index is 2.53. The van der Waals surface area contributed by atoms with Crippen LogP contribution in [0.1, 0.15) is 26.7 Å². The van der Waals surface area contributed by atoms with Crippen molar-refractivity contribution in [1.29, 1.82) is 5.41 Å². The summed E-state index contributed by atoms with van der Waals surface area (Å²) in [6, 6.07) is 0.171. The van der Waals surface area contributed by atoms with Crippen LogP contribution in [0.5, 0.6) is 0 Å². The van der Waals surface area contributed by atoms with Gasteiger partial charge in [0.1, 0.15) is 5.84 Å². The van der Waals surface area contributed by atoms with Crippen molar-refractivity contribution in [2.75, 3.05) is 18.8 Å². The van der Waals surface area contributed by atoms with Crippen molar-refractivity contribution in [2.24, 2.45) is 5.73 Å². The summed E-state index contributed by atoms with van der Waals surface area (Å²) in [4.78, 5) is 2.37. The molecule has 3 N–H and O–H groups in total. The second kappa shape index (κ2) is 5.61. The van der Waals surface area contributed by atoms with E-state index in [9.17, 15) is 0 Å². The van der Waals surface area contributed by atoms with E-state index in [1.54, 1.807) is 0 Å². The lowest BCUT2D eigenvalue weighted by molar-refractivity contribution is 0.242. The molecule has 4 heteroatoms. The highest BCUT2D eigenvalue weighted by Gasteiger charge is 2.25. The Morgan fingerprint density at radius 1 is 1.64 bits per heavy atom. The van der Waals surface area contributed by atoms with Crippen LogP contribution in [0, 0.1) is 5.41 Å². The zero-order chi connectivity index (χ0) is 10.6. The van der Waals surface area contributed by atoms with Gasteiger partial charge in [-0.05, 0) is 12.8 Å². The molecule has 2 unspecified atom stereocenters. The van der Waals surface area contributed by atoms with Crippen LogP contribution in [0.15, 0.2) is 0 Å². The van der Waals surface area contributed by atoms with Crippen LogP contribution in [-0.2, 0) is 0 Å². The molecule has 0 aliphatic carbocycles. The number of hydrogen-bond donors (Lipinski definition) is 2. The van der Waals surface area contributed by atoms with Crippen molar-refractivity contribution in [3.63, 3.8) is 0 Å². The van der Waals surface area contributed by atoms with Gasteiger partial charge < -0.3 is 5.73 Å². The highest BCUT2D eigenvalue weighted by Crippen LogP contribution is 2.23. The van der Waals surface area contributed by atoms with Crippen molar-refractivity contribution in [3.8, 4) is 0 Å². The molecule has 1 saturated heterocycles. The van der Waals surface area contributed by atoms with Crippen LogP contribution < -0.4 is 5.73 Å². The highest BCUT2D eigenvalue weighted by molar-refractivity contribution is 8.00. The summed E-state index contributed by atoms with van der Waals surface area (Å²) in [5.74, 6) is 1.51. The number of nitrogens with two attached hydrogens (primary N) is 1. The third-order valence-corrected chi connectivity index (χ3v) is 4.18. The molecule has 82 valence electrons. The number of amidine groups is 1. The van der Waals surface area contributed by atoms with Crippen molar-refractivity contribution < 1.29 is 0 Å². The predicted molar refractivity (Wildman–Crippen MR) is 64.1 cm³/mol. The van der Waals surface area contributed by atoms with Gasteiger partial charge in [0.15, 0.2) is 0 Å². The van der Waals surface area contributed by atoms with Gasteiger partial charge in [0, 0.05) is 24.1 Å². The Morgan fingerprint density at radius 2 is 2.36 bits per heavy atom. The molecule has 0 radical (unpaired) electrons. The lowest BCUT2D eigenvalue weighted by atomic mass is 10.1. The molecule has 1 rings (SSSR count). The summed E-state index contributed by atoms with van der Waals surface area (Å²) in [7, 11) is 0. The summed E-state index contributed by atoms with van der Waals surface area (Å²) in [5, 5.41) is 8.27. The minimum absolute atomic E-state index is 0.171. The van der Waals surface area contributed by atoms with Crippen molar-refractivity contribution in [1.82, 2.24) is 4.90 Å². The Labute approximate surface area is 90.9 Å². The molecule has 0 amide bonds. The maximum Gasteiger partial charge on any atom is 0.108 e. The van der Waals surface area contributed by atoms with Gasteiger partial charge in [-0.1, -0.05) is 13.8 Å². The molecule has 0 aromatic heterocycles. The van der Waals surface area contributed by atoms with Crippen LogP contribution in [0.2, 0.25) is 0 Å². The SMILES string of the molecule is CCC1CN(C(CC)C(=N)N)CCS1. The maximum absolute atomic E-state index is 7.54. The molecule has 0 aromatic rings. The first-order valence-electron chi connectivity index (χ1n) is 5.38. The molecule has 0 bridgehead atoms. The summed E-state index contributed by atoms with van der Waals surface area (Å²) < 4.78 is 0. The van der Waals surface area contributed by atoms with E-state index in [0.29, 0.717) is 5.84 Å². The fraction of sp³-hybridized carbons (Fsp3) is 0.900. The summed E-state index contributed by atoms with van der Waals surface area (Å²) >= 11 is 2.05. The van der Waals surface area contributed by atoms with E-state index in [1.165, 1.54) is 12.2 Å². The zero-order valence-corrected chi connectivity index (χ0v) is 9.94. The minimum atomic E-state index is 0.171. The van der Waals surface area contributed by atoms with Gasteiger partial charge in [0.2, 0.25) is 0 Å². The average Bonchev–Trinajstić information content (AvgIpc) is 2.19. The van der Waals surface area contributed by atoms with E-state index in [-0.39, 0.29) is 6.04 Å². The van der Waals surface area contributed by atoms with E-state index in [0.717, 1.165) is 24.8 Å². The second-order valence-corrected chi connectivity index (χ2v) is 5.18. The van der Waals surface area contributed by atoms with Gasteiger partial charge in [-0.25, -0.2) is 0 Å². The Kier molecular flexibility index (Phi) is 4.75. The molecular weight excluding hydrogens is 194 g/mol. The quantitative estimate of drug-likeness (QED) is 0.552. The fourth-order valence-corrected chi connectivity index (χ4v) is 3.15. The second-order valence-electron chi connectivity index (χ2n) is 3.78. The maximum atomic E-state index is 7.54. The first-order chi connectivity index (χ1) is 6.69. The Morgan fingerprint density at radius 3 is 2.86 bits per heavy atom. The first-order valence-corrected chi connectivity index (χ1v) is 6.43. The van der Waals surface area contributed by atoms with E-state index in [4.69, 9.17) is 11.1 Å². The molecule has 0 spiro atoms. The largest absolute Gasteiger partial charge is 0.386 e. The fourth-order valence-electron chi connectivity index (χ4n) is 1.95. The number of thioether (sulfide) groups is 1. The number of nitrogens with one attached hydrogen (secondary N) is 1. The molecule has 1 aliphatic rings. The van der Waals surface area contributed by atoms with Gasteiger partial charge in [-0.15, -0.1) is 0 Å². The van der Waals surface area contributed by atoms with Crippen molar-refractivity contribution in [2.45, 2.75) is 38.0 Å². The van der Waals surface area contributed by atoms with E-state index >= 15 is 0 Å². The van der Waals surface area contributed by atoms with E-state index < -0.39 is 0 Å². The van der Waals surface area contributed by atoms with E-state index in [1.807, 2.05) is 0 Å². The third-order valence-electron chi connectivity index (χ3n) is 2.81. The lowest BCUT2D eigenvalue weighted by Gasteiger charge is -2.36. The van der Waals surface area contributed by atoms with Gasteiger partial charge in [0.05, 0.1) is 6.04 Å².